The molecule has 136 valence electrons. The number of aryl methyl sites for hydroxylation is 1. The first-order valence-electron chi connectivity index (χ1n) is 7.88. The number of carbonyl (C=O) groups excluding carboxylic acids is 1. The van der Waals surface area contributed by atoms with Crippen molar-refractivity contribution in [1.82, 2.24) is 19.6 Å². The number of rotatable bonds is 6. The Morgan fingerprint density at radius 1 is 1.27 bits per heavy atom. The second-order valence-electron chi connectivity index (χ2n) is 5.71. The van der Waals surface area contributed by atoms with E-state index in [4.69, 9.17) is 23.2 Å². The predicted octanol–water partition coefficient (Wildman–Crippen LogP) is 3.91. The SMILES string of the molecule is Cc1c(Cl)cnn1CCC(=O)Nc1nn(Cc2ccccc2F)cc1Cl. The van der Waals surface area contributed by atoms with E-state index in [0.29, 0.717) is 17.1 Å². The fraction of sp³-hybridized carbons (Fsp3) is 0.235. The summed E-state index contributed by atoms with van der Waals surface area (Å²) in [6.07, 6.45) is 3.27. The lowest BCUT2D eigenvalue weighted by atomic mass is 10.2. The number of carbonyl (C=O) groups is 1. The van der Waals surface area contributed by atoms with Crippen molar-refractivity contribution in [3.8, 4) is 0 Å². The van der Waals surface area contributed by atoms with Crippen molar-refractivity contribution in [2.45, 2.75) is 26.4 Å². The van der Waals surface area contributed by atoms with Crippen molar-refractivity contribution in [2.75, 3.05) is 5.32 Å². The van der Waals surface area contributed by atoms with Crippen LogP contribution < -0.4 is 5.32 Å². The summed E-state index contributed by atoms with van der Waals surface area (Å²) in [7, 11) is 0. The minimum absolute atomic E-state index is 0.190. The van der Waals surface area contributed by atoms with E-state index in [1.165, 1.54) is 16.9 Å². The lowest BCUT2D eigenvalue weighted by molar-refractivity contribution is -0.116. The second-order valence-corrected chi connectivity index (χ2v) is 6.53. The van der Waals surface area contributed by atoms with Crippen LogP contribution in [0.4, 0.5) is 10.2 Å². The van der Waals surface area contributed by atoms with Gasteiger partial charge in [0.25, 0.3) is 0 Å². The number of hydrogen-bond acceptors (Lipinski definition) is 3. The first-order valence-corrected chi connectivity index (χ1v) is 8.63. The fourth-order valence-electron chi connectivity index (χ4n) is 2.42. The highest BCUT2D eigenvalue weighted by molar-refractivity contribution is 6.33. The van der Waals surface area contributed by atoms with Crippen molar-refractivity contribution < 1.29 is 9.18 Å². The Hall–Kier alpha value is -2.38. The number of anilines is 1. The summed E-state index contributed by atoms with van der Waals surface area (Å²) in [6, 6.07) is 6.41. The Labute approximate surface area is 159 Å². The van der Waals surface area contributed by atoms with E-state index in [2.05, 4.69) is 15.5 Å². The highest BCUT2D eigenvalue weighted by atomic mass is 35.5. The summed E-state index contributed by atoms with van der Waals surface area (Å²) in [5.74, 6) is -0.338. The van der Waals surface area contributed by atoms with Crippen LogP contribution in [0.2, 0.25) is 10.0 Å². The maximum absolute atomic E-state index is 13.7. The number of amides is 1. The van der Waals surface area contributed by atoms with Crippen LogP contribution in [0.3, 0.4) is 0 Å². The van der Waals surface area contributed by atoms with Gasteiger partial charge in [-0.2, -0.15) is 10.2 Å². The average molecular weight is 396 g/mol. The summed E-state index contributed by atoms with van der Waals surface area (Å²) >= 11 is 12.0. The van der Waals surface area contributed by atoms with E-state index < -0.39 is 0 Å². The first-order chi connectivity index (χ1) is 12.4. The molecule has 3 aromatic rings. The van der Waals surface area contributed by atoms with Crippen LogP contribution >= 0.6 is 23.2 Å². The molecule has 0 aliphatic rings. The van der Waals surface area contributed by atoms with Gasteiger partial charge < -0.3 is 5.32 Å². The Balaban J connectivity index is 1.61. The van der Waals surface area contributed by atoms with E-state index in [1.54, 1.807) is 29.1 Å². The summed E-state index contributed by atoms with van der Waals surface area (Å²) in [5, 5.41) is 11.8. The van der Waals surface area contributed by atoms with Crippen molar-refractivity contribution in [3.63, 3.8) is 0 Å². The number of benzene rings is 1. The van der Waals surface area contributed by atoms with Crippen LogP contribution in [-0.2, 0) is 17.9 Å². The Kier molecular flexibility index (Phi) is 5.58. The summed E-state index contributed by atoms with van der Waals surface area (Å²) < 4.78 is 16.9. The topological polar surface area (TPSA) is 64.7 Å². The number of hydrogen-bond donors (Lipinski definition) is 1. The molecule has 0 saturated heterocycles. The minimum Gasteiger partial charge on any atom is -0.308 e. The zero-order chi connectivity index (χ0) is 18.7. The van der Waals surface area contributed by atoms with Gasteiger partial charge in [0.1, 0.15) is 10.8 Å². The molecule has 2 heterocycles. The van der Waals surface area contributed by atoms with E-state index in [1.807, 2.05) is 6.92 Å². The lowest BCUT2D eigenvalue weighted by Gasteiger charge is -2.05. The van der Waals surface area contributed by atoms with Crippen molar-refractivity contribution in [3.05, 3.63) is 63.8 Å². The van der Waals surface area contributed by atoms with Gasteiger partial charge in [-0.15, -0.1) is 0 Å². The van der Waals surface area contributed by atoms with Gasteiger partial charge in [0.2, 0.25) is 5.91 Å². The fourth-order valence-corrected chi connectivity index (χ4v) is 2.75. The highest BCUT2D eigenvalue weighted by Crippen LogP contribution is 2.21. The van der Waals surface area contributed by atoms with Gasteiger partial charge >= 0.3 is 0 Å². The molecule has 3 rings (SSSR count). The van der Waals surface area contributed by atoms with Gasteiger partial charge in [-0.25, -0.2) is 4.39 Å². The van der Waals surface area contributed by atoms with Gasteiger partial charge in [-0.1, -0.05) is 41.4 Å². The number of nitrogens with zero attached hydrogens (tertiary/aromatic N) is 4. The van der Waals surface area contributed by atoms with E-state index in [9.17, 15) is 9.18 Å². The van der Waals surface area contributed by atoms with Crippen LogP contribution in [0.1, 0.15) is 17.7 Å². The molecule has 0 aliphatic carbocycles. The summed E-state index contributed by atoms with van der Waals surface area (Å²) in [5.41, 5.74) is 1.28. The molecule has 0 saturated carbocycles. The molecule has 2 aromatic heterocycles. The first kappa shape index (κ1) is 18.4. The summed E-state index contributed by atoms with van der Waals surface area (Å²) in [4.78, 5) is 12.1. The van der Waals surface area contributed by atoms with Crippen molar-refractivity contribution >= 4 is 34.9 Å². The molecule has 0 radical (unpaired) electrons. The van der Waals surface area contributed by atoms with Crippen LogP contribution in [0.5, 0.6) is 0 Å². The van der Waals surface area contributed by atoms with E-state index in [0.717, 1.165) is 5.69 Å². The molecule has 0 atom stereocenters. The van der Waals surface area contributed by atoms with Gasteiger partial charge in [-0.3, -0.25) is 14.2 Å². The van der Waals surface area contributed by atoms with Gasteiger partial charge in [0.15, 0.2) is 5.82 Å². The average Bonchev–Trinajstić information content (AvgIpc) is 3.11. The number of halogens is 3. The molecule has 6 nitrogen and oxygen atoms in total. The minimum atomic E-state index is -0.321. The van der Waals surface area contributed by atoms with Gasteiger partial charge in [0.05, 0.1) is 30.0 Å². The predicted molar refractivity (Wildman–Crippen MR) is 98.0 cm³/mol. The number of nitrogens with one attached hydrogen (secondary N) is 1. The lowest BCUT2D eigenvalue weighted by Crippen LogP contribution is -2.16. The zero-order valence-electron chi connectivity index (χ0n) is 13.9. The van der Waals surface area contributed by atoms with Crippen LogP contribution in [-0.4, -0.2) is 25.5 Å². The molecule has 26 heavy (non-hydrogen) atoms. The molecule has 1 N–H and O–H groups in total. The van der Waals surface area contributed by atoms with Gasteiger partial charge in [0, 0.05) is 18.2 Å². The standard InChI is InChI=1S/C17H16Cl2FN5O/c1-11-13(18)8-21-25(11)7-6-16(26)22-17-14(19)10-24(23-17)9-12-4-2-3-5-15(12)20/h2-5,8,10H,6-7,9H2,1H3,(H,22,23,26). The normalized spacial score (nSPS) is 10.9. The molecule has 1 amide bonds. The van der Waals surface area contributed by atoms with Crippen molar-refractivity contribution in [1.29, 1.82) is 0 Å². The molecule has 1 aromatic carbocycles. The monoisotopic (exact) mass is 395 g/mol. The molecule has 0 aliphatic heterocycles. The van der Waals surface area contributed by atoms with Crippen molar-refractivity contribution in [2.24, 2.45) is 0 Å². The summed E-state index contributed by atoms with van der Waals surface area (Å²) in [6.45, 7) is 2.43. The zero-order valence-corrected chi connectivity index (χ0v) is 15.4. The third kappa shape index (κ3) is 4.23. The maximum atomic E-state index is 13.7. The Morgan fingerprint density at radius 2 is 2.04 bits per heavy atom. The smallest absolute Gasteiger partial charge is 0.227 e. The van der Waals surface area contributed by atoms with Crippen LogP contribution in [0.25, 0.3) is 0 Å². The molecular formula is C17H16Cl2FN5O. The molecule has 0 bridgehead atoms. The molecule has 0 unspecified atom stereocenters. The van der Waals surface area contributed by atoms with Crippen LogP contribution in [0, 0.1) is 12.7 Å². The highest BCUT2D eigenvalue weighted by Gasteiger charge is 2.13. The molecule has 9 heteroatoms. The largest absolute Gasteiger partial charge is 0.308 e. The van der Waals surface area contributed by atoms with Crippen LogP contribution in [0.15, 0.2) is 36.7 Å². The molecule has 0 fully saturated rings. The van der Waals surface area contributed by atoms with E-state index >= 15 is 0 Å². The molecule has 0 spiro atoms. The Bertz CT molecular complexity index is 937. The van der Waals surface area contributed by atoms with Gasteiger partial charge in [-0.05, 0) is 13.0 Å². The quantitative estimate of drug-likeness (QED) is 0.687. The maximum Gasteiger partial charge on any atom is 0.227 e. The second kappa shape index (κ2) is 7.88. The number of aromatic nitrogens is 4. The molecular weight excluding hydrogens is 380 g/mol. The third-order valence-corrected chi connectivity index (χ3v) is 4.51. The Morgan fingerprint density at radius 3 is 2.73 bits per heavy atom. The van der Waals surface area contributed by atoms with E-state index in [-0.39, 0.29) is 35.5 Å². The third-order valence-electron chi connectivity index (χ3n) is 3.86.